The van der Waals surface area contributed by atoms with Crippen molar-refractivity contribution in [2.45, 2.75) is 18.4 Å². The monoisotopic (exact) mass is 235 g/mol. The lowest BCUT2D eigenvalue weighted by Gasteiger charge is -2.41. The van der Waals surface area contributed by atoms with Crippen LogP contribution in [0.4, 0.5) is 5.69 Å². The SMILES string of the molecule is COc1ccc2c(c1)OC1(CCOCC1)CN2. The largest absolute Gasteiger partial charge is 0.497 e. The lowest BCUT2D eigenvalue weighted by molar-refractivity contribution is -0.0409. The Hall–Kier alpha value is -1.42. The van der Waals surface area contributed by atoms with Crippen molar-refractivity contribution in [3.05, 3.63) is 18.2 Å². The maximum atomic E-state index is 6.18. The molecule has 1 fully saturated rings. The molecule has 0 bridgehead atoms. The van der Waals surface area contributed by atoms with Gasteiger partial charge >= 0.3 is 0 Å². The van der Waals surface area contributed by atoms with Crippen LogP contribution in [0.15, 0.2) is 18.2 Å². The average Bonchev–Trinajstić information content (AvgIpc) is 2.39. The van der Waals surface area contributed by atoms with Gasteiger partial charge in [-0.3, -0.25) is 0 Å². The predicted molar refractivity (Wildman–Crippen MR) is 64.9 cm³/mol. The van der Waals surface area contributed by atoms with Gasteiger partial charge in [-0.15, -0.1) is 0 Å². The van der Waals surface area contributed by atoms with E-state index in [-0.39, 0.29) is 5.60 Å². The molecule has 2 aliphatic heterocycles. The van der Waals surface area contributed by atoms with Crippen LogP contribution in [0.2, 0.25) is 0 Å². The fourth-order valence-electron chi connectivity index (χ4n) is 2.41. The van der Waals surface area contributed by atoms with Crippen LogP contribution in [-0.2, 0) is 4.74 Å². The van der Waals surface area contributed by atoms with E-state index in [0.29, 0.717) is 0 Å². The van der Waals surface area contributed by atoms with E-state index in [2.05, 4.69) is 5.32 Å². The van der Waals surface area contributed by atoms with Crippen LogP contribution in [0.3, 0.4) is 0 Å². The molecule has 2 heterocycles. The second kappa shape index (κ2) is 4.11. The van der Waals surface area contributed by atoms with Gasteiger partial charge in [0.15, 0.2) is 0 Å². The molecule has 0 radical (unpaired) electrons. The molecule has 0 aliphatic carbocycles. The molecule has 92 valence electrons. The molecule has 1 aromatic rings. The smallest absolute Gasteiger partial charge is 0.147 e. The van der Waals surface area contributed by atoms with E-state index < -0.39 is 0 Å². The third-order valence-electron chi connectivity index (χ3n) is 3.52. The molecule has 2 aliphatic rings. The zero-order valence-electron chi connectivity index (χ0n) is 9.99. The molecule has 1 spiro atoms. The number of ether oxygens (including phenoxy) is 3. The van der Waals surface area contributed by atoms with Crippen LogP contribution in [0.5, 0.6) is 11.5 Å². The summed E-state index contributed by atoms with van der Waals surface area (Å²) in [5.74, 6) is 1.71. The molecule has 1 N–H and O–H groups in total. The van der Waals surface area contributed by atoms with Crippen molar-refractivity contribution in [2.24, 2.45) is 0 Å². The minimum atomic E-state index is -0.0996. The topological polar surface area (TPSA) is 39.7 Å². The van der Waals surface area contributed by atoms with Gasteiger partial charge in [-0.2, -0.15) is 0 Å². The summed E-state index contributed by atoms with van der Waals surface area (Å²) in [6, 6.07) is 5.89. The van der Waals surface area contributed by atoms with Gasteiger partial charge in [-0.05, 0) is 12.1 Å². The molecule has 0 unspecified atom stereocenters. The van der Waals surface area contributed by atoms with Crippen molar-refractivity contribution in [2.75, 3.05) is 32.2 Å². The summed E-state index contributed by atoms with van der Waals surface area (Å²) in [5, 5.41) is 3.44. The molecule has 4 nitrogen and oxygen atoms in total. The quantitative estimate of drug-likeness (QED) is 0.808. The Balaban J connectivity index is 1.87. The zero-order valence-corrected chi connectivity index (χ0v) is 9.99. The first-order valence-corrected chi connectivity index (χ1v) is 6.00. The zero-order chi connectivity index (χ0) is 11.7. The van der Waals surface area contributed by atoms with Crippen molar-refractivity contribution < 1.29 is 14.2 Å². The second-order valence-corrected chi connectivity index (χ2v) is 4.61. The normalized spacial score (nSPS) is 21.2. The van der Waals surface area contributed by atoms with E-state index in [1.54, 1.807) is 7.11 Å². The van der Waals surface area contributed by atoms with Crippen LogP contribution >= 0.6 is 0 Å². The molecule has 1 aromatic carbocycles. The van der Waals surface area contributed by atoms with Crippen LogP contribution in [0, 0.1) is 0 Å². The van der Waals surface area contributed by atoms with E-state index >= 15 is 0 Å². The van der Waals surface area contributed by atoms with Gasteiger partial charge in [0.05, 0.1) is 32.6 Å². The molecule has 0 atom stereocenters. The highest BCUT2D eigenvalue weighted by Crippen LogP contribution is 2.39. The lowest BCUT2D eigenvalue weighted by atomic mass is 9.92. The Bertz CT molecular complexity index is 413. The first-order valence-electron chi connectivity index (χ1n) is 6.00. The van der Waals surface area contributed by atoms with E-state index in [4.69, 9.17) is 14.2 Å². The molecule has 0 aromatic heterocycles. The Morgan fingerprint density at radius 1 is 1.29 bits per heavy atom. The first-order chi connectivity index (χ1) is 8.31. The van der Waals surface area contributed by atoms with Crippen LogP contribution in [0.1, 0.15) is 12.8 Å². The molecule has 4 heteroatoms. The van der Waals surface area contributed by atoms with Crippen molar-refractivity contribution >= 4 is 5.69 Å². The van der Waals surface area contributed by atoms with Crippen molar-refractivity contribution in [1.82, 2.24) is 0 Å². The van der Waals surface area contributed by atoms with E-state index in [9.17, 15) is 0 Å². The summed E-state index contributed by atoms with van der Waals surface area (Å²) in [5.41, 5.74) is 0.945. The highest BCUT2D eigenvalue weighted by Gasteiger charge is 2.38. The fourth-order valence-corrected chi connectivity index (χ4v) is 2.41. The molecule has 0 amide bonds. The van der Waals surface area contributed by atoms with Crippen molar-refractivity contribution in [3.8, 4) is 11.5 Å². The van der Waals surface area contributed by atoms with Gasteiger partial charge in [0.2, 0.25) is 0 Å². The number of benzene rings is 1. The standard InChI is InChI=1S/C13H17NO3/c1-15-10-2-3-11-12(8-10)17-13(9-14-11)4-6-16-7-5-13/h2-3,8,14H,4-7,9H2,1H3. The summed E-state index contributed by atoms with van der Waals surface area (Å²) in [6.07, 6.45) is 1.88. The summed E-state index contributed by atoms with van der Waals surface area (Å²) < 4.78 is 16.8. The first kappa shape index (κ1) is 10.7. The number of nitrogens with one attached hydrogen (secondary N) is 1. The second-order valence-electron chi connectivity index (χ2n) is 4.61. The number of rotatable bonds is 1. The van der Waals surface area contributed by atoms with Crippen LogP contribution < -0.4 is 14.8 Å². The molecule has 3 rings (SSSR count). The fraction of sp³-hybridized carbons (Fsp3) is 0.538. The van der Waals surface area contributed by atoms with Crippen LogP contribution in [0.25, 0.3) is 0 Å². The average molecular weight is 235 g/mol. The number of hydrogen-bond donors (Lipinski definition) is 1. The van der Waals surface area contributed by atoms with Gasteiger partial charge in [-0.25, -0.2) is 0 Å². The molecule has 1 saturated heterocycles. The lowest BCUT2D eigenvalue weighted by Crippen LogP contribution is -2.49. The maximum Gasteiger partial charge on any atom is 0.147 e. The van der Waals surface area contributed by atoms with E-state index in [1.807, 2.05) is 18.2 Å². The summed E-state index contributed by atoms with van der Waals surface area (Å²) in [7, 11) is 1.67. The molecule has 17 heavy (non-hydrogen) atoms. The van der Waals surface area contributed by atoms with Gasteiger partial charge in [0, 0.05) is 18.9 Å². The number of fused-ring (bicyclic) bond motifs is 1. The third kappa shape index (κ3) is 1.93. The minimum Gasteiger partial charge on any atom is -0.497 e. The Labute approximate surface area is 101 Å². The minimum absolute atomic E-state index is 0.0996. The molecular formula is C13H17NO3. The highest BCUT2D eigenvalue weighted by atomic mass is 16.5. The summed E-state index contributed by atoms with van der Waals surface area (Å²) in [4.78, 5) is 0. The van der Waals surface area contributed by atoms with Gasteiger partial charge in [0.25, 0.3) is 0 Å². The summed E-state index contributed by atoms with van der Waals surface area (Å²) in [6.45, 7) is 2.41. The van der Waals surface area contributed by atoms with Gasteiger partial charge in [-0.1, -0.05) is 0 Å². The third-order valence-corrected chi connectivity index (χ3v) is 3.52. The molecular weight excluding hydrogens is 218 g/mol. The van der Waals surface area contributed by atoms with Crippen LogP contribution in [-0.4, -0.2) is 32.5 Å². The number of methoxy groups -OCH3 is 1. The Morgan fingerprint density at radius 3 is 2.88 bits per heavy atom. The van der Waals surface area contributed by atoms with Gasteiger partial charge in [0.1, 0.15) is 17.1 Å². The van der Waals surface area contributed by atoms with Crippen molar-refractivity contribution in [3.63, 3.8) is 0 Å². The van der Waals surface area contributed by atoms with E-state index in [1.165, 1.54) is 0 Å². The predicted octanol–water partition coefficient (Wildman–Crippen LogP) is 2.05. The van der Waals surface area contributed by atoms with Gasteiger partial charge < -0.3 is 19.5 Å². The Kier molecular flexibility index (Phi) is 2.59. The van der Waals surface area contributed by atoms with Crippen molar-refractivity contribution in [1.29, 1.82) is 0 Å². The van der Waals surface area contributed by atoms with E-state index in [0.717, 1.165) is 49.8 Å². The maximum absolute atomic E-state index is 6.18. The summed E-state index contributed by atoms with van der Waals surface area (Å²) >= 11 is 0. The highest BCUT2D eigenvalue weighted by molar-refractivity contribution is 5.61. The Morgan fingerprint density at radius 2 is 2.12 bits per heavy atom. The number of hydrogen-bond acceptors (Lipinski definition) is 4. The number of anilines is 1. The molecule has 0 saturated carbocycles.